The van der Waals surface area contributed by atoms with Crippen molar-refractivity contribution in [2.24, 2.45) is 11.8 Å². The Morgan fingerprint density at radius 2 is 2.44 bits per heavy atom. The van der Waals surface area contributed by atoms with Crippen LogP contribution in [0.4, 0.5) is 4.39 Å². The lowest BCUT2D eigenvalue weighted by Crippen LogP contribution is -2.36. The van der Waals surface area contributed by atoms with Gasteiger partial charge in [-0.2, -0.15) is 0 Å². The van der Waals surface area contributed by atoms with Crippen LogP contribution in [0.25, 0.3) is 0 Å². The van der Waals surface area contributed by atoms with Crippen molar-refractivity contribution in [1.82, 2.24) is 10.4 Å². The molecule has 2 rings (SSSR count). The average molecular weight is 225 g/mol. The van der Waals surface area contributed by atoms with Crippen molar-refractivity contribution in [3.8, 4) is 0 Å². The van der Waals surface area contributed by atoms with Crippen molar-refractivity contribution in [1.29, 1.82) is 0 Å². The number of aromatic nitrogens is 1. The maximum Gasteiger partial charge on any atom is 0.141 e. The normalized spacial score (nSPS) is 26.9. The summed E-state index contributed by atoms with van der Waals surface area (Å²) >= 11 is 0. The van der Waals surface area contributed by atoms with Crippen molar-refractivity contribution in [2.75, 3.05) is 6.61 Å². The molecule has 2 heterocycles. The molecule has 88 valence electrons. The van der Waals surface area contributed by atoms with E-state index in [2.05, 4.69) is 10.4 Å². The van der Waals surface area contributed by atoms with Crippen LogP contribution in [-0.2, 0) is 4.74 Å². The van der Waals surface area contributed by atoms with Crippen molar-refractivity contribution < 1.29 is 9.13 Å². The molecule has 0 saturated carbocycles. The molecule has 0 bridgehead atoms. The quantitative estimate of drug-likeness (QED) is 0.598. The van der Waals surface area contributed by atoms with Gasteiger partial charge in [-0.1, -0.05) is 0 Å². The van der Waals surface area contributed by atoms with Gasteiger partial charge in [-0.3, -0.25) is 16.3 Å². The monoisotopic (exact) mass is 225 g/mol. The van der Waals surface area contributed by atoms with E-state index in [0.717, 1.165) is 18.6 Å². The smallest absolute Gasteiger partial charge is 0.141 e. The van der Waals surface area contributed by atoms with E-state index in [4.69, 9.17) is 10.6 Å². The highest BCUT2D eigenvalue weighted by molar-refractivity contribution is 5.16. The first kappa shape index (κ1) is 11.4. The first-order valence-electron chi connectivity index (χ1n) is 5.40. The zero-order chi connectivity index (χ0) is 11.5. The molecule has 0 amide bonds. The highest BCUT2D eigenvalue weighted by Crippen LogP contribution is 2.32. The summed E-state index contributed by atoms with van der Waals surface area (Å²) in [7, 11) is 0. The third-order valence-electron chi connectivity index (χ3n) is 3.13. The van der Waals surface area contributed by atoms with Gasteiger partial charge in [-0.25, -0.2) is 4.39 Å². The number of nitrogens with zero attached hydrogens (tertiary/aromatic N) is 1. The van der Waals surface area contributed by atoms with Gasteiger partial charge in [0, 0.05) is 18.7 Å². The van der Waals surface area contributed by atoms with E-state index < -0.39 is 0 Å². The minimum atomic E-state index is -0.343. The van der Waals surface area contributed by atoms with Gasteiger partial charge in [0.1, 0.15) is 5.82 Å². The van der Waals surface area contributed by atoms with Crippen LogP contribution in [0.1, 0.15) is 24.9 Å². The fourth-order valence-corrected chi connectivity index (χ4v) is 2.25. The van der Waals surface area contributed by atoms with Crippen LogP contribution in [0.3, 0.4) is 0 Å². The number of nitrogens with two attached hydrogens (primary N) is 1. The topological polar surface area (TPSA) is 60.2 Å². The lowest BCUT2D eigenvalue weighted by atomic mass is 9.89. The molecule has 1 aromatic rings. The van der Waals surface area contributed by atoms with Gasteiger partial charge in [-0.05, 0) is 25.0 Å². The molecule has 0 spiro atoms. The summed E-state index contributed by atoms with van der Waals surface area (Å²) < 4.78 is 18.6. The third kappa shape index (κ3) is 2.21. The summed E-state index contributed by atoms with van der Waals surface area (Å²) in [5.74, 6) is 5.46. The molecule has 1 aromatic heterocycles. The Morgan fingerprint density at radius 3 is 3.00 bits per heavy atom. The van der Waals surface area contributed by atoms with Crippen LogP contribution in [0.2, 0.25) is 0 Å². The molecule has 4 nitrogen and oxygen atoms in total. The van der Waals surface area contributed by atoms with Crippen molar-refractivity contribution in [3.63, 3.8) is 0 Å². The maximum absolute atomic E-state index is 13.1. The predicted octanol–water partition coefficient (Wildman–Crippen LogP) is 1.15. The number of hydrogen-bond acceptors (Lipinski definition) is 4. The largest absolute Gasteiger partial charge is 0.378 e. The molecule has 1 fully saturated rings. The predicted molar refractivity (Wildman–Crippen MR) is 57.8 cm³/mol. The number of ether oxygens (including phenoxy) is 1. The molecule has 0 radical (unpaired) electrons. The SMILES string of the molecule is CC1OCCC1C(NN)c1cncc(F)c1. The van der Waals surface area contributed by atoms with E-state index in [1.54, 1.807) is 6.20 Å². The molecule has 1 saturated heterocycles. The Morgan fingerprint density at radius 1 is 1.62 bits per heavy atom. The van der Waals surface area contributed by atoms with Gasteiger partial charge >= 0.3 is 0 Å². The molecular formula is C11H16FN3O. The van der Waals surface area contributed by atoms with Crippen LogP contribution in [-0.4, -0.2) is 17.7 Å². The fourth-order valence-electron chi connectivity index (χ4n) is 2.25. The Bertz CT molecular complexity index is 361. The van der Waals surface area contributed by atoms with Crippen LogP contribution < -0.4 is 11.3 Å². The molecule has 3 atom stereocenters. The standard InChI is InChI=1S/C11H16FN3O/c1-7-10(2-3-16-7)11(15-13)8-4-9(12)6-14-5-8/h4-7,10-11,15H,2-3,13H2,1H3. The minimum Gasteiger partial charge on any atom is -0.378 e. The van der Waals surface area contributed by atoms with E-state index in [1.165, 1.54) is 12.3 Å². The highest BCUT2D eigenvalue weighted by atomic mass is 19.1. The lowest BCUT2D eigenvalue weighted by Gasteiger charge is -2.25. The van der Waals surface area contributed by atoms with Crippen LogP contribution in [0, 0.1) is 11.7 Å². The van der Waals surface area contributed by atoms with Crippen molar-refractivity contribution >= 4 is 0 Å². The summed E-state index contributed by atoms with van der Waals surface area (Å²) in [5, 5.41) is 0. The van der Waals surface area contributed by atoms with E-state index in [1.807, 2.05) is 6.92 Å². The molecule has 1 aliphatic heterocycles. The number of rotatable bonds is 3. The maximum atomic E-state index is 13.1. The summed E-state index contributed by atoms with van der Waals surface area (Å²) in [6, 6.07) is 1.35. The van der Waals surface area contributed by atoms with Gasteiger partial charge in [0.2, 0.25) is 0 Å². The molecular weight excluding hydrogens is 209 g/mol. The average Bonchev–Trinajstić information content (AvgIpc) is 2.67. The second-order valence-electron chi connectivity index (χ2n) is 4.11. The lowest BCUT2D eigenvalue weighted by molar-refractivity contribution is 0.0953. The van der Waals surface area contributed by atoms with E-state index in [9.17, 15) is 4.39 Å². The fraction of sp³-hybridized carbons (Fsp3) is 0.545. The van der Waals surface area contributed by atoms with Crippen LogP contribution >= 0.6 is 0 Å². The van der Waals surface area contributed by atoms with Gasteiger partial charge in [0.05, 0.1) is 18.3 Å². The van der Waals surface area contributed by atoms with Gasteiger partial charge in [0.15, 0.2) is 0 Å². The molecule has 0 aromatic carbocycles. The Hall–Kier alpha value is -1.04. The Balaban J connectivity index is 2.21. The zero-order valence-corrected chi connectivity index (χ0v) is 9.19. The second kappa shape index (κ2) is 4.86. The number of pyridine rings is 1. The molecule has 5 heteroatoms. The number of hydrazine groups is 1. The van der Waals surface area contributed by atoms with Crippen molar-refractivity contribution in [3.05, 3.63) is 29.8 Å². The Labute approximate surface area is 94.0 Å². The summed E-state index contributed by atoms with van der Waals surface area (Å²) in [5.41, 5.74) is 3.50. The summed E-state index contributed by atoms with van der Waals surface area (Å²) in [6.07, 6.45) is 3.88. The number of nitrogens with one attached hydrogen (secondary N) is 1. The number of hydrogen-bond donors (Lipinski definition) is 2. The molecule has 3 unspecified atom stereocenters. The summed E-state index contributed by atoms with van der Waals surface area (Å²) in [6.45, 7) is 2.74. The second-order valence-corrected chi connectivity index (χ2v) is 4.11. The van der Waals surface area contributed by atoms with E-state index in [0.29, 0.717) is 0 Å². The van der Waals surface area contributed by atoms with Gasteiger partial charge < -0.3 is 4.74 Å². The Kier molecular flexibility index (Phi) is 3.48. The third-order valence-corrected chi connectivity index (χ3v) is 3.13. The number of halogens is 1. The van der Waals surface area contributed by atoms with E-state index >= 15 is 0 Å². The van der Waals surface area contributed by atoms with Crippen LogP contribution in [0.15, 0.2) is 18.5 Å². The van der Waals surface area contributed by atoms with E-state index in [-0.39, 0.29) is 23.9 Å². The zero-order valence-electron chi connectivity index (χ0n) is 9.19. The molecule has 3 N–H and O–H groups in total. The molecule has 0 aliphatic carbocycles. The first-order valence-corrected chi connectivity index (χ1v) is 5.40. The van der Waals surface area contributed by atoms with Gasteiger partial charge in [0.25, 0.3) is 0 Å². The first-order chi connectivity index (χ1) is 7.72. The minimum absolute atomic E-state index is 0.110. The van der Waals surface area contributed by atoms with Crippen molar-refractivity contribution in [2.45, 2.75) is 25.5 Å². The summed E-state index contributed by atoms with van der Waals surface area (Å²) in [4.78, 5) is 3.84. The molecule has 16 heavy (non-hydrogen) atoms. The van der Waals surface area contributed by atoms with Gasteiger partial charge in [-0.15, -0.1) is 0 Å². The molecule has 1 aliphatic rings. The highest BCUT2D eigenvalue weighted by Gasteiger charge is 2.32. The van der Waals surface area contributed by atoms with Crippen LogP contribution in [0.5, 0.6) is 0 Å².